The van der Waals surface area contributed by atoms with Crippen LogP contribution in [0, 0.1) is 12.8 Å². The molecule has 4 nitrogen and oxygen atoms in total. The number of fused-ring (bicyclic) bond motifs is 1. The van der Waals surface area contributed by atoms with Crippen molar-refractivity contribution < 1.29 is 9.59 Å². The van der Waals surface area contributed by atoms with Gasteiger partial charge < -0.3 is 5.32 Å². The summed E-state index contributed by atoms with van der Waals surface area (Å²) in [6.07, 6.45) is 6.50. The van der Waals surface area contributed by atoms with Gasteiger partial charge in [-0.3, -0.25) is 14.5 Å². The molecule has 2 aromatic rings. The standard InChI is InChI=1S/C24H30N2O2S/c1-16-11-13-26(14-12-16)15-21(27)25-24-22(19-9-5-6-10-20(19)29-24)23(28)18-8-4-3-7-17(18)2/h3-4,7-8,16H,5-6,9-15H2,1-2H3,(H,25,27). The largest absolute Gasteiger partial charge is 0.316 e. The van der Waals surface area contributed by atoms with Crippen molar-refractivity contribution in [2.75, 3.05) is 25.0 Å². The fourth-order valence-corrected chi connectivity index (χ4v) is 5.75. The highest BCUT2D eigenvalue weighted by Gasteiger charge is 2.28. The van der Waals surface area contributed by atoms with Gasteiger partial charge in [0.1, 0.15) is 5.00 Å². The van der Waals surface area contributed by atoms with Gasteiger partial charge in [-0.05, 0) is 75.6 Å². The summed E-state index contributed by atoms with van der Waals surface area (Å²) in [6, 6.07) is 7.73. The van der Waals surface area contributed by atoms with Crippen molar-refractivity contribution in [1.29, 1.82) is 0 Å². The van der Waals surface area contributed by atoms with Crippen molar-refractivity contribution in [2.24, 2.45) is 5.92 Å². The maximum absolute atomic E-state index is 13.5. The predicted molar refractivity (Wildman–Crippen MR) is 119 cm³/mol. The Bertz CT molecular complexity index is 910. The number of anilines is 1. The average molecular weight is 411 g/mol. The van der Waals surface area contributed by atoms with Crippen molar-refractivity contribution >= 4 is 28.0 Å². The normalized spacial score (nSPS) is 17.7. The van der Waals surface area contributed by atoms with Gasteiger partial charge in [-0.2, -0.15) is 0 Å². The summed E-state index contributed by atoms with van der Waals surface area (Å²) in [5.41, 5.74) is 3.61. The number of aryl methyl sites for hydroxylation is 2. The van der Waals surface area contributed by atoms with Crippen LogP contribution < -0.4 is 5.32 Å². The first-order chi connectivity index (χ1) is 14.0. The van der Waals surface area contributed by atoms with Crippen molar-refractivity contribution in [1.82, 2.24) is 4.90 Å². The molecule has 2 aliphatic rings. The van der Waals surface area contributed by atoms with E-state index in [0.717, 1.165) is 84.8 Å². The Hall–Kier alpha value is -1.98. The second kappa shape index (κ2) is 8.80. The molecule has 0 saturated carbocycles. The number of benzene rings is 1. The van der Waals surface area contributed by atoms with Gasteiger partial charge in [0.05, 0.1) is 12.1 Å². The zero-order valence-corrected chi connectivity index (χ0v) is 18.2. The second-order valence-electron chi connectivity index (χ2n) is 8.57. The second-order valence-corrected chi connectivity index (χ2v) is 9.67. The van der Waals surface area contributed by atoms with Crippen LogP contribution in [0.3, 0.4) is 0 Å². The Balaban J connectivity index is 1.58. The first-order valence-electron chi connectivity index (χ1n) is 10.8. The number of thiophene rings is 1. The van der Waals surface area contributed by atoms with Gasteiger partial charge in [0, 0.05) is 10.4 Å². The summed E-state index contributed by atoms with van der Waals surface area (Å²) in [7, 11) is 0. The Morgan fingerprint density at radius 3 is 2.62 bits per heavy atom. The van der Waals surface area contributed by atoms with Crippen LogP contribution in [-0.2, 0) is 17.6 Å². The maximum Gasteiger partial charge on any atom is 0.239 e. The number of nitrogens with one attached hydrogen (secondary N) is 1. The fourth-order valence-electron chi connectivity index (χ4n) is 4.45. The molecule has 1 aliphatic carbocycles. The lowest BCUT2D eigenvalue weighted by Crippen LogP contribution is -2.38. The number of ketones is 1. The van der Waals surface area contributed by atoms with Crippen LogP contribution in [0.5, 0.6) is 0 Å². The van der Waals surface area contributed by atoms with Gasteiger partial charge in [-0.1, -0.05) is 31.2 Å². The molecule has 4 rings (SSSR count). The lowest BCUT2D eigenvalue weighted by atomic mass is 9.91. The molecule has 5 heteroatoms. The highest BCUT2D eigenvalue weighted by atomic mass is 32.1. The molecular formula is C24H30N2O2S. The quantitative estimate of drug-likeness (QED) is 0.718. The van der Waals surface area contributed by atoms with Gasteiger partial charge >= 0.3 is 0 Å². The number of piperidine rings is 1. The van der Waals surface area contributed by atoms with E-state index in [0.29, 0.717) is 6.54 Å². The first kappa shape index (κ1) is 20.3. The average Bonchev–Trinajstić information content (AvgIpc) is 3.07. The summed E-state index contributed by atoms with van der Waals surface area (Å²) in [5, 5.41) is 3.86. The SMILES string of the molecule is Cc1ccccc1C(=O)c1c(NC(=O)CN2CCC(C)CC2)sc2c1CCCC2. The molecule has 1 fully saturated rings. The third-order valence-electron chi connectivity index (χ3n) is 6.28. The molecule has 1 aromatic heterocycles. The monoisotopic (exact) mass is 410 g/mol. The molecule has 1 aromatic carbocycles. The molecule has 1 aliphatic heterocycles. The van der Waals surface area contributed by atoms with E-state index in [1.165, 1.54) is 4.88 Å². The summed E-state index contributed by atoms with van der Waals surface area (Å²) >= 11 is 1.61. The molecule has 154 valence electrons. The number of hydrogen-bond acceptors (Lipinski definition) is 4. The fraction of sp³-hybridized carbons (Fsp3) is 0.500. The van der Waals surface area contributed by atoms with E-state index >= 15 is 0 Å². The number of rotatable bonds is 5. The van der Waals surface area contributed by atoms with E-state index in [1.54, 1.807) is 11.3 Å². The van der Waals surface area contributed by atoms with Crippen LogP contribution in [-0.4, -0.2) is 36.2 Å². The predicted octanol–water partition coefficient (Wildman–Crippen LogP) is 4.84. The van der Waals surface area contributed by atoms with Crippen molar-refractivity contribution in [3.05, 3.63) is 51.4 Å². The van der Waals surface area contributed by atoms with Crippen molar-refractivity contribution in [3.63, 3.8) is 0 Å². The molecule has 0 spiro atoms. The zero-order chi connectivity index (χ0) is 20.4. The number of carbonyl (C=O) groups excluding carboxylic acids is 2. The molecule has 29 heavy (non-hydrogen) atoms. The van der Waals surface area contributed by atoms with E-state index in [1.807, 2.05) is 31.2 Å². The minimum atomic E-state index is -0.00279. The summed E-state index contributed by atoms with van der Waals surface area (Å²) in [4.78, 5) is 29.8. The molecule has 1 amide bonds. The molecule has 2 heterocycles. The maximum atomic E-state index is 13.5. The van der Waals surface area contributed by atoms with E-state index in [9.17, 15) is 9.59 Å². The van der Waals surface area contributed by atoms with Gasteiger partial charge in [-0.25, -0.2) is 0 Å². The smallest absolute Gasteiger partial charge is 0.239 e. The third kappa shape index (κ3) is 4.46. The van der Waals surface area contributed by atoms with Gasteiger partial charge in [0.2, 0.25) is 5.91 Å². The number of nitrogens with zero attached hydrogens (tertiary/aromatic N) is 1. The molecule has 0 bridgehead atoms. The van der Waals surface area contributed by atoms with Gasteiger partial charge in [-0.15, -0.1) is 11.3 Å². The minimum Gasteiger partial charge on any atom is -0.316 e. The minimum absolute atomic E-state index is 0.00279. The number of hydrogen-bond donors (Lipinski definition) is 1. The molecule has 0 radical (unpaired) electrons. The highest BCUT2D eigenvalue weighted by Crippen LogP contribution is 2.39. The lowest BCUT2D eigenvalue weighted by Gasteiger charge is -2.29. The van der Waals surface area contributed by atoms with Crippen LogP contribution in [0.4, 0.5) is 5.00 Å². The topological polar surface area (TPSA) is 49.4 Å². The summed E-state index contributed by atoms with van der Waals surface area (Å²) in [5.74, 6) is 0.790. The van der Waals surface area contributed by atoms with E-state index in [4.69, 9.17) is 0 Å². The van der Waals surface area contributed by atoms with Crippen LogP contribution in [0.2, 0.25) is 0 Å². The van der Waals surface area contributed by atoms with Crippen LogP contribution in [0.15, 0.2) is 24.3 Å². The summed E-state index contributed by atoms with van der Waals surface area (Å²) in [6.45, 7) is 6.61. The van der Waals surface area contributed by atoms with Crippen LogP contribution in [0.25, 0.3) is 0 Å². The molecule has 0 atom stereocenters. The van der Waals surface area contributed by atoms with Crippen molar-refractivity contribution in [2.45, 2.75) is 52.4 Å². The third-order valence-corrected chi connectivity index (χ3v) is 7.49. The van der Waals surface area contributed by atoms with E-state index in [-0.39, 0.29) is 11.7 Å². The number of carbonyl (C=O) groups is 2. The lowest BCUT2D eigenvalue weighted by molar-refractivity contribution is -0.117. The highest BCUT2D eigenvalue weighted by molar-refractivity contribution is 7.17. The van der Waals surface area contributed by atoms with E-state index in [2.05, 4.69) is 17.1 Å². The molecule has 0 unspecified atom stereocenters. The first-order valence-corrected chi connectivity index (χ1v) is 11.6. The molecule has 1 saturated heterocycles. The Morgan fingerprint density at radius 1 is 1.14 bits per heavy atom. The zero-order valence-electron chi connectivity index (χ0n) is 17.4. The van der Waals surface area contributed by atoms with Gasteiger partial charge in [0.15, 0.2) is 5.78 Å². The van der Waals surface area contributed by atoms with Crippen LogP contribution >= 0.6 is 11.3 Å². The molecule has 1 N–H and O–H groups in total. The number of likely N-dealkylation sites (tertiary alicyclic amines) is 1. The Morgan fingerprint density at radius 2 is 1.86 bits per heavy atom. The van der Waals surface area contributed by atoms with E-state index < -0.39 is 0 Å². The Kier molecular flexibility index (Phi) is 6.16. The Labute approximate surface area is 177 Å². The summed E-state index contributed by atoms with van der Waals surface area (Å²) < 4.78 is 0. The molecular weight excluding hydrogens is 380 g/mol. The number of amides is 1. The van der Waals surface area contributed by atoms with Crippen LogP contribution in [0.1, 0.15) is 64.5 Å². The van der Waals surface area contributed by atoms with Gasteiger partial charge in [0.25, 0.3) is 0 Å². The van der Waals surface area contributed by atoms with Crippen molar-refractivity contribution in [3.8, 4) is 0 Å².